The molecule has 0 aromatic carbocycles. The molecule has 102 valence electrons. The molecule has 4 heteroatoms. The van der Waals surface area contributed by atoms with Crippen LogP contribution in [0.25, 0.3) is 5.65 Å². The van der Waals surface area contributed by atoms with Crippen LogP contribution in [0, 0.1) is 12.8 Å². The number of imidazole rings is 1. The van der Waals surface area contributed by atoms with Crippen LogP contribution in [0.3, 0.4) is 0 Å². The first-order valence-electron chi connectivity index (χ1n) is 7.00. The number of nitrogens with zero attached hydrogens (tertiary/aromatic N) is 2. The number of rotatable bonds is 4. The lowest BCUT2D eigenvalue weighted by atomic mass is 10.0. The highest BCUT2D eigenvalue weighted by atomic mass is 16.5. The van der Waals surface area contributed by atoms with E-state index in [-0.39, 0.29) is 0 Å². The van der Waals surface area contributed by atoms with Crippen LogP contribution in [-0.4, -0.2) is 28.6 Å². The molecule has 0 amide bonds. The van der Waals surface area contributed by atoms with Crippen molar-refractivity contribution in [3.05, 3.63) is 35.8 Å². The topological polar surface area (TPSA) is 38.6 Å². The van der Waals surface area contributed by atoms with Gasteiger partial charge >= 0.3 is 0 Å². The van der Waals surface area contributed by atoms with Crippen molar-refractivity contribution in [3.8, 4) is 0 Å². The van der Waals surface area contributed by atoms with Gasteiger partial charge in [0.05, 0.1) is 17.5 Å². The monoisotopic (exact) mass is 259 g/mol. The van der Waals surface area contributed by atoms with E-state index in [4.69, 9.17) is 4.74 Å². The molecular weight excluding hydrogens is 238 g/mol. The van der Waals surface area contributed by atoms with Crippen molar-refractivity contribution in [1.82, 2.24) is 14.7 Å². The van der Waals surface area contributed by atoms with Gasteiger partial charge in [-0.05, 0) is 38.3 Å². The van der Waals surface area contributed by atoms with E-state index in [1.807, 2.05) is 18.2 Å². The smallest absolute Gasteiger partial charge is 0.137 e. The van der Waals surface area contributed by atoms with Crippen molar-refractivity contribution in [1.29, 1.82) is 0 Å². The van der Waals surface area contributed by atoms with Crippen LogP contribution in [0.15, 0.2) is 24.4 Å². The maximum Gasteiger partial charge on any atom is 0.137 e. The van der Waals surface area contributed by atoms with Crippen LogP contribution in [0.5, 0.6) is 0 Å². The summed E-state index contributed by atoms with van der Waals surface area (Å²) in [7, 11) is 0. The highest BCUT2D eigenvalue weighted by molar-refractivity contribution is 5.42. The van der Waals surface area contributed by atoms with Gasteiger partial charge in [-0.1, -0.05) is 6.07 Å². The summed E-state index contributed by atoms with van der Waals surface area (Å²) in [5.74, 6) is 0.638. The number of aryl methyl sites for hydroxylation is 1. The Morgan fingerprint density at radius 1 is 1.47 bits per heavy atom. The SMILES string of the molecule is Cc1nc2ccccn2c1CNCC1CCOC1C. The third kappa shape index (κ3) is 2.51. The summed E-state index contributed by atoms with van der Waals surface area (Å²) < 4.78 is 7.75. The van der Waals surface area contributed by atoms with E-state index >= 15 is 0 Å². The number of ether oxygens (including phenoxy) is 1. The lowest BCUT2D eigenvalue weighted by Gasteiger charge is -2.14. The fraction of sp³-hybridized carbons (Fsp3) is 0.533. The molecule has 1 aliphatic rings. The highest BCUT2D eigenvalue weighted by Crippen LogP contribution is 2.19. The van der Waals surface area contributed by atoms with Gasteiger partial charge < -0.3 is 14.5 Å². The second-order valence-electron chi connectivity index (χ2n) is 5.33. The average Bonchev–Trinajstić information content (AvgIpc) is 2.94. The number of nitrogens with one attached hydrogen (secondary N) is 1. The lowest BCUT2D eigenvalue weighted by Crippen LogP contribution is -2.27. The van der Waals surface area contributed by atoms with Gasteiger partial charge in [-0.25, -0.2) is 4.98 Å². The van der Waals surface area contributed by atoms with Gasteiger partial charge in [0.1, 0.15) is 5.65 Å². The largest absolute Gasteiger partial charge is 0.378 e. The van der Waals surface area contributed by atoms with Gasteiger partial charge in [-0.3, -0.25) is 0 Å². The molecule has 1 N–H and O–H groups in total. The van der Waals surface area contributed by atoms with Crippen molar-refractivity contribution in [2.75, 3.05) is 13.2 Å². The number of pyridine rings is 1. The second kappa shape index (κ2) is 5.31. The van der Waals surface area contributed by atoms with Gasteiger partial charge in [0.2, 0.25) is 0 Å². The number of aromatic nitrogens is 2. The molecule has 1 fully saturated rings. The Hall–Kier alpha value is -1.39. The number of hydrogen-bond acceptors (Lipinski definition) is 3. The maximum absolute atomic E-state index is 5.59. The van der Waals surface area contributed by atoms with Gasteiger partial charge in [0.25, 0.3) is 0 Å². The Bertz CT molecular complexity index is 564. The molecule has 4 nitrogen and oxygen atoms in total. The molecule has 3 rings (SSSR count). The molecule has 0 radical (unpaired) electrons. The van der Waals surface area contributed by atoms with Crippen molar-refractivity contribution in [3.63, 3.8) is 0 Å². The zero-order valence-electron chi connectivity index (χ0n) is 11.6. The minimum absolute atomic E-state index is 0.385. The zero-order chi connectivity index (χ0) is 13.2. The minimum Gasteiger partial charge on any atom is -0.378 e. The molecule has 1 aliphatic heterocycles. The van der Waals surface area contributed by atoms with Crippen molar-refractivity contribution in [2.45, 2.75) is 32.9 Å². The van der Waals surface area contributed by atoms with E-state index in [9.17, 15) is 0 Å². The molecule has 2 unspecified atom stereocenters. The second-order valence-corrected chi connectivity index (χ2v) is 5.33. The molecule has 0 aliphatic carbocycles. The summed E-state index contributed by atoms with van der Waals surface area (Å²) in [6.07, 6.45) is 3.63. The third-order valence-corrected chi connectivity index (χ3v) is 4.06. The van der Waals surface area contributed by atoms with Gasteiger partial charge in [-0.15, -0.1) is 0 Å². The van der Waals surface area contributed by atoms with E-state index in [1.54, 1.807) is 0 Å². The Morgan fingerprint density at radius 2 is 2.37 bits per heavy atom. The normalized spacial score (nSPS) is 23.3. The molecule has 3 heterocycles. The fourth-order valence-corrected chi connectivity index (χ4v) is 2.80. The molecule has 0 bridgehead atoms. The fourth-order valence-electron chi connectivity index (χ4n) is 2.80. The summed E-state index contributed by atoms with van der Waals surface area (Å²) in [4.78, 5) is 4.58. The summed E-state index contributed by atoms with van der Waals surface area (Å²) >= 11 is 0. The first-order valence-corrected chi connectivity index (χ1v) is 7.00. The Labute approximate surface area is 113 Å². The molecule has 1 saturated heterocycles. The van der Waals surface area contributed by atoms with Gasteiger partial charge in [0.15, 0.2) is 0 Å². The van der Waals surface area contributed by atoms with Crippen LogP contribution in [0.2, 0.25) is 0 Å². The summed E-state index contributed by atoms with van der Waals surface area (Å²) in [6, 6.07) is 6.12. The number of fused-ring (bicyclic) bond motifs is 1. The maximum atomic E-state index is 5.59. The Morgan fingerprint density at radius 3 is 3.16 bits per heavy atom. The minimum atomic E-state index is 0.385. The van der Waals surface area contributed by atoms with Crippen molar-refractivity contribution < 1.29 is 4.74 Å². The standard InChI is InChI=1S/C15H21N3O/c1-11-14(18-7-4-3-5-15(18)17-11)10-16-9-13-6-8-19-12(13)2/h3-5,7,12-13,16H,6,8-10H2,1-2H3. The van der Waals surface area contributed by atoms with E-state index in [0.29, 0.717) is 12.0 Å². The zero-order valence-corrected chi connectivity index (χ0v) is 11.6. The molecular formula is C15H21N3O. The van der Waals surface area contributed by atoms with E-state index < -0.39 is 0 Å². The average molecular weight is 259 g/mol. The Kier molecular flexibility index (Phi) is 3.53. The quantitative estimate of drug-likeness (QED) is 0.914. The molecule has 19 heavy (non-hydrogen) atoms. The predicted molar refractivity (Wildman–Crippen MR) is 75.2 cm³/mol. The number of hydrogen-bond donors (Lipinski definition) is 1. The van der Waals surface area contributed by atoms with E-state index in [0.717, 1.165) is 31.0 Å². The van der Waals surface area contributed by atoms with Gasteiger partial charge in [-0.2, -0.15) is 0 Å². The summed E-state index contributed by atoms with van der Waals surface area (Å²) in [5, 5.41) is 3.55. The third-order valence-electron chi connectivity index (χ3n) is 4.06. The first kappa shape index (κ1) is 12.6. The van der Waals surface area contributed by atoms with Crippen LogP contribution in [0.1, 0.15) is 24.7 Å². The van der Waals surface area contributed by atoms with Gasteiger partial charge in [0, 0.05) is 25.9 Å². The summed E-state index contributed by atoms with van der Waals surface area (Å²) in [6.45, 7) is 7.02. The molecule has 2 aromatic rings. The van der Waals surface area contributed by atoms with Crippen LogP contribution >= 0.6 is 0 Å². The highest BCUT2D eigenvalue weighted by Gasteiger charge is 2.23. The molecule has 0 spiro atoms. The van der Waals surface area contributed by atoms with Crippen LogP contribution in [-0.2, 0) is 11.3 Å². The first-order chi connectivity index (χ1) is 9.25. The predicted octanol–water partition coefficient (Wildman–Crippen LogP) is 2.16. The molecule has 0 saturated carbocycles. The van der Waals surface area contributed by atoms with E-state index in [1.165, 1.54) is 12.1 Å². The van der Waals surface area contributed by atoms with Crippen LogP contribution < -0.4 is 5.32 Å². The van der Waals surface area contributed by atoms with Crippen molar-refractivity contribution in [2.24, 2.45) is 5.92 Å². The Balaban J connectivity index is 1.66. The molecule has 2 atom stereocenters. The van der Waals surface area contributed by atoms with E-state index in [2.05, 4.69) is 34.7 Å². The summed E-state index contributed by atoms with van der Waals surface area (Å²) in [5.41, 5.74) is 3.38. The lowest BCUT2D eigenvalue weighted by molar-refractivity contribution is 0.105. The van der Waals surface area contributed by atoms with Crippen LogP contribution in [0.4, 0.5) is 0 Å². The van der Waals surface area contributed by atoms with Crippen molar-refractivity contribution >= 4 is 5.65 Å². The molecule has 2 aromatic heterocycles.